The minimum Gasteiger partial charge on any atom is -0.262 e. The third-order valence-electron chi connectivity index (χ3n) is 1.23. The second-order valence-electron chi connectivity index (χ2n) is 2.12. The number of aromatic nitrogens is 1. The van der Waals surface area contributed by atoms with Crippen molar-refractivity contribution in [3.8, 4) is 0 Å². The summed E-state index contributed by atoms with van der Waals surface area (Å²) in [6, 6.07) is 5.63. The molecule has 1 aromatic rings. The Morgan fingerprint density at radius 1 is 1.69 bits per heavy atom. The van der Waals surface area contributed by atoms with Gasteiger partial charge < -0.3 is 0 Å². The van der Waals surface area contributed by atoms with Crippen LogP contribution in [0.4, 0.5) is 0 Å². The van der Waals surface area contributed by atoms with Crippen LogP contribution in [0.5, 0.6) is 0 Å². The van der Waals surface area contributed by atoms with E-state index in [1.54, 1.807) is 12.4 Å². The zero-order valence-corrected chi connectivity index (χ0v) is 8.73. The molecule has 0 saturated carbocycles. The van der Waals surface area contributed by atoms with Gasteiger partial charge in [0.1, 0.15) is 0 Å². The van der Waals surface area contributed by atoms with Crippen LogP contribution in [-0.2, 0) is 0 Å². The van der Waals surface area contributed by atoms with Gasteiger partial charge in [-0.1, -0.05) is 30.0 Å². The SMILES string of the molecule is CSC(=S)N/N=C\c1ccccn1. The number of rotatable bonds is 2. The van der Waals surface area contributed by atoms with Gasteiger partial charge in [0.15, 0.2) is 4.32 Å². The summed E-state index contributed by atoms with van der Waals surface area (Å²) in [6.45, 7) is 0. The highest BCUT2D eigenvalue weighted by molar-refractivity contribution is 8.22. The smallest absolute Gasteiger partial charge is 0.153 e. The van der Waals surface area contributed by atoms with Crippen molar-refractivity contribution in [2.45, 2.75) is 0 Å². The van der Waals surface area contributed by atoms with E-state index in [-0.39, 0.29) is 0 Å². The first kappa shape index (κ1) is 10.1. The Bertz CT molecular complexity index is 298. The van der Waals surface area contributed by atoms with Crippen LogP contribution in [0, 0.1) is 0 Å². The van der Waals surface area contributed by atoms with Crippen LogP contribution in [0.1, 0.15) is 5.69 Å². The molecule has 0 spiro atoms. The monoisotopic (exact) mass is 211 g/mol. The van der Waals surface area contributed by atoms with Crippen LogP contribution in [0.15, 0.2) is 29.5 Å². The molecular formula is C8H9N3S2. The van der Waals surface area contributed by atoms with Gasteiger partial charge in [-0.15, -0.1) is 0 Å². The van der Waals surface area contributed by atoms with E-state index in [2.05, 4.69) is 15.5 Å². The average Bonchev–Trinajstić information content (AvgIpc) is 2.19. The highest BCUT2D eigenvalue weighted by Crippen LogP contribution is 1.93. The van der Waals surface area contributed by atoms with E-state index in [0.29, 0.717) is 4.32 Å². The fourth-order valence-corrected chi connectivity index (χ4v) is 0.846. The largest absolute Gasteiger partial charge is 0.262 e. The van der Waals surface area contributed by atoms with Gasteiger partial charge in [0, 0.05) is 6.20 Å². The van der Waals surface area contributed by atoms with Crippen molar-refractivity contribution in [2.75, 3.05) is 6.26 Å². The first-order valence-electron chi connectivity index (χ1n) is 3.61. The molecule has 1 rings (SSSR count). The summed E-state index contributed by atoms with van der Waals surface area (Å²) in [5.74, 6) is 0. The third kappa shape index (κ3) is 4.00. The minimum atomic E-state index is 0.646. The number of hydrogen-bond donors (Lipinski definition) is 1. The van der Waals surface area contributed by atoms with Crippen LogP contribution in [-0.4, -0.2) is 21.8 Å². The zero-order valence-electron chi connectivity index (χ0n) is 7.10. The topological polar surface area (TPSA) is 37.3 Å². The Balaban J connectivity index is 2.45. The van der Waals surface area contributed by atoms with Crippen molar-refractivity contribution < 1.29 is 0 Å². The highest BCUT2D eigenvalue weighted by atomic mass is 32.2. The predicted octanol–water partition coefficient (Wildman–Crippen LogP) is 1.65. The van der Waals surface area contributed by atoms with E-state index in [1.165, 1.54) is 11.8 Å². The second kappa shape index (κ2) is 5.66. The lowest BCUT2D eigenvalue weighted by Crippen LogP contribution is -2.10. The molecule has 0 bridgehead atoms. The number of hydrogen-bond acceptors (Lipinski definition) is 4. The number of hydrazone groups is 1. The number of thiocarbonyl (C=S) groups is 1. The molecule has 0 fully saturated rings. The summed E-state index contributed by atoms with van der Waals surface area (Å²) in [7, 11) is 0. The standard InChI is InChI=1S/C8H9N3S2/c1-13-8(12)11-10-6-7-4-2-3-5-9-7/h2-6H,1H3,(H,11,12)/b10-6-. The number of nitrogens with zero attached hydrogens (tertiary/aromatic N) is 2. The van der Waals surface area contributed by atoms with Gasteiger partial charge in [-0.25, -0.2) is 0 Å². The van der Waals surface area contributed by atoms with E-state index >= 15 is 0 Å². The fraction of sp³-hybridized carbons (Fsp3) is 0.125. The fourth-order valence-electron chi connectivity index (χ4n) is 0.649. The molecule has 0 radical (unpaired) electrons. The Morgan fingerprint density at radius 2 is 2.54 bits per heavy atom. The summed E-state index contributed by atoms with van der Waals surface area (Å²) in [6.07, 6.45) is 5.24. The number of nitrogens with one attached hydrogen (secondary N) is 1. The molecule has 1 N–H and O–H groups in total. The van der Waals surface area contributed by atoms with E-state index in [9.17, 15) is 0 Å². The lowest BCUT2D eigenvalue weighted by atomic mass is 10.4. The summed E-state index contributed by atoms with van der Waals surface area (Å²) < 4.78 is 0.646. The van der Waals surface area contributed by atoms with Gasteiger partial charge in [0.05, 0.1) is 11.9 Å². The molecule has 0 saturated heterocycles. The first-order valence-corrected chi connectivity index (χ1v) is 5.24. The van der Waals surface area contributed by atoms with Gasteiger partial charge in [-0.3, -0.25) is 10.4 Å². The van der Waals surface area contributed by atoms with Crippen molar-refractivity contribution in [2.24, 2.45) is 5.10 Å². The van der Waals surface area contributed by atoms with Gasteiger partial charge in [0.2, 0.25) is 0 Å². The molecule has 13 heavy (non-hydrogen) atoms. The maximum atomic E-state index is 4.89. The maximum absolute atomic E-state index is 4.89. The highest BCUT2D eigenvalue weighted by Gasteiger charge is 1.87. The molecule has 0 aliphatic heterocycles. The van der Waals surface area contributed by atoms with Crippen molar-refractivity contribution in [1.29, 1.82) is 0 Å². The second-order valence-corrected chi connectivity index (χ2v) is 3.60. The molecule has 0 amide bonds. The summed E-state index contributed by atoms with van der Waals surface area (Å²) in [5.41, 5.74) is 3.51. The predicted molar refractivity (Wildman–Crippen MR) is 61.1 cm³/mol. The molecule has 0 aromatic carbocycles. The van der Waals surface area contributed by atoms with Crippen LogP contribution in [0.3, 0.4) is 0 Å². The molecule has 1 aromatic heterocycles. The van der Waals surface area contributed by atoms with E-state index in [4.69, 9.17) is 12.2 Å². The van der Waals surface area contributed by atoms with Gasteiger partial charge in [-0.2, -0.15) is 5.10 Å². The molecule has 0 atom stereocenters. The quantitative estimate of drug-likeness (QED) is 0.458. The van der Waals surface area contributed by atoms with Crippen molar-refractivity contribution >= 4 is 34.5 Å². The summed E-state index contributed by atoms with van der Waals surface area (Å²) in [4.78, 5) is 4.06. The molecule has 3 nitrogen and oxygen atoms in total. The van der Waals surface area contributed by atoms with Crippen LogP contribution >= 0.6 is 24.0 Å². The molecule has 5 heteroatoms. The Hall–Kier alpha value is -0.940. The molecule has 0 unspecified atom stereocenters. The van der Waals surface area contributed by atoms with Gasteiger partial charge >= 0.3 is 0 Å². The van der Waals surface area contributed by atoms with Crippen molar-refractivity contribution in [3.05, 3.63) is 30.1 Å². The third-order valence-corrected chi connectivity index (χ3v) is 2.28. The summed E-state index contributed by atoms with van der Waals surface area (Å²) in [5, 5.41) is 3.91. The minimum absolute atomic E-state index is 0.646. The van der Waals surface area contributed by atoms with Crippen molar-refractivity contribution in [3.63, 3.8) is 0 Å². The zero-order chi connectivity index (χ0) is 9.52. The molecule has 1 heterocycles. The maximum Gasteiger partial charge on any atom is 0.153 e. The van der Waals surface area contributed by atoms with E-state index in [0.717, 1.165) is 5.69 Å². The molecule has 0 aliphatic carbocycles. The lowest BCUT2D eigenvalue weighted by molar-refractivity contribution is 1.07. The summed E-state index contributed by atoms with van der Waals surface area (Å²) >= 11 is 6.33. The number of thioether (sulfide) groups is 1. The first-order chi connectivity index (χ1) is 6.33. The normalized spacial score (nSPS) is 10.2. The molecular weight excluding hydrogens is 202 g/mol. The number of pyridine rings is 1. The Morgan fingerprint density at radius 3 is 3.15 bits per heavy atom. The van der Waals surface area contributed by atoms with E-state index in [1.807, 2.05) is 24.5 Å². The lowest BCUT2D eigenvalue weighted by Gasteiger charge is -1.95. The van der Waals surface area contributed by atoms with Gasteiger partial charge in [-0.05, 0) is 18.4 Å². The van der Waals surface area contributed by atoms with Gasteiger partial charge in [0.25, 0.3) is 0 Å². The molecule has 0 aliphatic rings. The van der Waals surface area contributed by atoms with Crippen LogP contribution < -0.4 is 5.43 Å². The van der Waals surface area contributed by atoms with Crippen molar-refractivity contribution in [1.82, 2.24) is 10.4 Å². The average molecular weight is 211 g/mol. The van der Waals surface area contributed by atoms with Crippen LogP contribution in [0.2, 0.25) is 0 Å². The van der Waals surface area contributed by atoms with Crippen LogP contribution in [0.25, 0.3) is 0 Å². The Kier molecular flexibility index (Phi) is 4.42. The molecule has 68 valence electrons. The van der Waals surface area contributed by atoms with E-state index < -0.39 is 0 Å². The Labute approximate surface area is 86.6 Å².